The van der Waals surface area contributed by atoms with E-state index < -0.39 is 18.5 Å². The highest BCUT2D eigenvalue weighted by atomic mass is 16.5. The molecule has 2 rings (SSSR count). The largest absolute Gasteiger partial charge is 0.450 e. The minimum atomic E-state index is -0.879. The van der Waals surface area contributed by atoms with Crippen molar-refractivity contribution >= 4 is 23.8 Å². The van der Waals surface area contributed by atoms with E-state index in [1.165, 1.54) is 0 Å². The second-order valence-electron chi connectivity index (χ2n) is 4.69. The number of hydrogen-bond donors (Lipinski definition) is 1. The number of alkyl carbamates (subject to hydrolysis) is 1. The molecule has 0 radical (unpaired) electrons. The molecular weight excluding hydrogens is 264 g/mol. The molecule has 0 saturated carbocycles. The second-order valence-corrected chi connectivity index (χ2v) is 4.69. The Morgan fingerprint density at radius 2 is 1.80 bits per heavy atom. The zero-order valence-electron chi connectivity index (χ0n) is 11.1. The van der Waals surface area contributed by atoms with Gasteiger partial charge in [-0.05, 0) is 19.8 Å². The third-order valence-electron chi connectivity index (χ3n) is 3.42. The third kappa shape index (κ3) is 2.71. The van der Waals surface area contributed by atoms with E-state index in [-0.39, 0.29) is 30.3 Å². The zero-order chi connectivity index (χ0) is 14.7. The average molecular weight is 280 g/mol. The fraction of sp³-hybridized carbons (Fsp3) is 0.538. The highest BCUT2D eigenvalue weighted by Gasteiger charge is 2.47. The van der Waals surface area contributed by atoms with Crippen molar-refractivity contribution in [3.05, 3.63) is 12.2 Å². The zero-order valence-corrected chi connectivity index (χ0v) is 11.1. The van der Waals surface area contributed by atoms with Gasteiger partial charge < -0.3 is 4.74 Å². The van der Waals surface area contributed by atoms with E-state index in [1.807, 2.05) is 17.5 Å². The maximum Gasteiger partial charge on any atom is 0.413 e. The number of carbonyl (C=O) groups excluding carboxylic acids is 4. The Balaban J connectivity index is 1.96. The van der Waals surface area contributed by atoms with Crippen LogP contribution in [0.4, 0.5) is 4.79 Å². The normalized spacial score (nSPS) is 24.6. The molecule has 0 aromatic rings. The average Bonchev–Trinajstić information content (AvgIpc) is 2.65. The van der Waals surface area contributed by atoms with Crippen LogP contribution in [0.15, 0.2) is 12.2 Å². The lowest BCUT2D eigenvalue weighted by atomic mass is 9.85. The predicted octanol–water partition coefficient (Wildman–Crippen LogP) is 0.210. The molecule has 0 spiro atoms. The van der Waals surface area contributed by atoms with Crippen molar-refractivity contribution < 1.29 is 23.9 Å². The van der Waals surface area contributed by atoms with Crippen LogP contribution in [-0.4, -0.2) is 41.9 Å². The summed E-state index contributed by atoms with van der Waals surface area (Å²) in [7, 11) is 0. The van der Waals surface area contributed by atoms with E-state index in [0.717, 1.165) is 4.90 Å². The van der Waals surface area contributed by atoms with Crippen molar-refractivity contribution in [1.82, 2.24) is 10.2 Å². The number of rotatable bonds is 3. The summed E-state index contributed by atoms with van der Waals surface area (Å²) in [5, 5.41) is 1.97. The van der Waals surface area contributed by atoms with Crippen LogP contribution >= 0.6 is 0 Å². The molecule has 0 aromatic heterocycles. The Kier molecular flexibility index (Phi) is 4.16. The lowest BCUT2D eigenvalue weighted by Gasteiger charge is -2.14. The summed E-state index contributed by atoms with van der Waals surface area (Å²) >= 11 is 0. The van der Waals surface area contributed by atoms with Gasteiger partial charge in [-0.1, -0.05) is 12.2 Å². The fourth-order valence-corrected chi connectivity index (χ4v) is 2.49. The molecule has 1 heterocycles. The summed E-state index contributed by atoms with van der Waals surface area (Å²) in [5.74, 6) is -2.16. The molecule has 1 fully saturated rings. The Morgan fingerprint density at radius 3 is 2.30 bits per heavy atom. The number of allylic oxidation sites excluding steroid dienone is 2. The van der Waals surface area contributed by atoms with E-state index in [2.05, 4.69) is 4.74 Å². The first-order valence-electron chi connectivity index (χ1n) is 6.51. The number of carbonyl (C=O) groups is 4. The van der Waals surface area contributed by atoms with Crippen LogP contribution in [-0.2, 0) is 19.1 Å². The lowest BCUT2D eigenvalue weighted by molar-refractivity contribution is -0.143. The van der Waals surface area contributed by atoms with E-state index >= 15 is 0 Å². The molecule has 2 aliphatic rings. The van der Waals surface area contributed by atoms with Crippen molar-refractivity contribution in [2.75, 3.05) is 13.2 Å². The van der Waals surface area contributed by atoms with E-state index in [9.17, 15) is 19.2 Å². The van der Waals surface area contributed by atoms with Crippen molar-refractivity contribution in [3.63, 3.8) is 0 Å². The van der Waals surface area contributed by atoms with Gasteiger partial charge in [0.25, 0.3) is 0 Å². The van der Waals surface area contributed by atoms with E-state index in [4.69, 9.17) is 0 Å². The number of imide groups is 2. The number of ether oxygens (including phenoxy) is 1. The molecule has 1 saturated heterocycles. The molecule has 2 atom stereocenters. The number of amides is 4. The maximum absolute atomic E-state index is 12.1. The first kappa shape index (κ1) is 14.2. The summed E-state index contributed by atoms with van der Waals surface area (Å²) in [6, 6.07) is 0. The molecule has 108 valence electrons. The van der Waals surface area contributed by atoms with Crippen LogP contribution < -0.4 is 5.32 Å². The summed E-state index contributed by atoms with van der Waals surface area (Å²) < 4.78 is 4.56. The summed E-state index contributed by atoms with van der Waals surface area (Å²) in [4.78, 5) is 47.8. The fourth-order valence-electron chi connectivity index (χ4n) is 2.49. The number of hydrogen-bond acceptors (Lipinski definition) is 5. The van der Waals surface area contributed by atoms with Crippen LogP contribution in [0.3, 0.4) is 0 Å². The molecule has 0 bridgehead atoms. The molecule has 0 unspecified atom stereocenters. The van der Waals surface area contributed by atoms with Crippen molar-refractivity contribution in [3.8, 4) is 0 Å². The summed E-state index contributed by atoms with van der Waals surface area (Å²) in [6.07, 6.45) is 3.90. The molecule has 1 aliphatic heterocycles. The van der Waals surface area contributed by atoms with Gasteiger partial charge in [-0.2, -0.15) is 0 Å². The van der Waals surface area contributed by atoms with Crippen LogP contribution in [0, 0.1) is 11.8 Å². The summed E-state index contributed by atoms with van der Waals surface area (Å²) in [6.45, 7) is 1.30. The molecule has 1 aliphatic carbocycles. The SMILES string of the molecule is CCOC(=O)NC(=O)CN1C(=O)[C@H]2CC=CC[C@H]2C1=O. The Hall–Kier alpha value is -2.18. The van der Waals surface area contributed by atoms with Gasteiger partial charge in [0, 0.05) is 0 Å². The highest BCUT2D eigenvalue weighted by Crippen LogP contribution is 2.34. The van der Waals surface area contributed by atoms with E-state index in [0.29, 0.717) is 12.8 Å². The van der Waals surface area contributed by atoms with Crippen LogP contribution in [0.2, 0.25) is 0 Å². The van der Waals surface area contributed by atoms with Gasteiger partial charge in [0.1, 0.15) is 6.54 Å². The summed E-state index contributed by atoms with van der Waals surface area (Å²) in [5.41, 5.74) is 0. The maximum atomic E-state index is 12.1. The first-order chi connectivity index (χ1) is 9.54. The number of nitrogens with zero attached hydrogens (tertiary/aromatic N) is 1. The monoisotopic (exact) mass is 280 g/mol. The Morgan fingerprint density at radius 1 is 1.25 bits per heavy atom. The van der Waals surface area contributed by atoms with Gasteiger partial charge in [-0.15, -0.1) is 0 Å². The number of fused-ring (bicyclic) bond motifs is 1. The smallest absolute Gasteiger partial charge is 0.413 e. The van der Waals surface area contributed by atoms with Crippen LogP contribution in [0.25, 0.3) is 0 Å². The minimum Gasteiger partial charge on any atom is -0.450 e. The van der Waals surface area contributed by atoms with Crippen molar-refractivity contribution in [1.29, 1.82) is 0 Å². The van der Waals surface area contributed by atoms with Crippen LogP contribution in [0.5, 0.6) is 0 Å². The molecular formula is C13H16N2O5. The molecule has 4 amide bonds. The highest BCUT2D eigenvalue weighted by molar-refractivity contribution is 6.08. The lowest BCUT2D eigenvalue weighted by Crippen LogP contribution is -2.43. The van der Waals surface area contributed by atoms with Gasteiger partial charge in [-0.3, -0.25) is 24.6 Å². The molecule has 0 aromatic carbocycles. The predicted molar refractivity (Wildman–Crippen MR) is 67.2 cm³/mol. The van der Waals surface area contributed by atoms with Crippen molar-refractivity contribution in [2.45, 2.75) is 19.8 Å². The Labute approximate surface area is 115 Å². The first-order valence-corrected chi connectivity index (χ1v) is 6.51. The second kappa shape index (κ2) is 5.85. The van der Waals surface area contributed by atoms with Gasteiger partial charge in [-0.25, -0.2) is 4.79 Å². The third-order valence-corrected chi connectivity index (χ3v) is 3.42. The molecule has 7 nitrogen and oxygen atoms in total. The minimum absolute atomic E-state index is 0.135. The van der Waals surface area contributed by atoms with Gasteiger partial charge in [0.15, 0.2) is 0 Å². The Bertz CT molecular complexity index is 459. The van der Waals surface area contributed by atoms with E-state index in [1.54, 1.807) is 6.92 Å². The number of likely N-dealkylation sites (tertiary alicyclic amines) is 1. The topological polar surface area (TPSA) is 92.8 Å². The van der Waals surface area contributed by atoms with Crippen molar-refractivity contribution in [2.24, 2.45) is 11.8 Å². The van der Waals surface area contributed by atoms with Gasteiger partial charge in [0.05, 0.1) is 18.4 Å². The van der Waals surface area contributed by atoms with Gasteiger partial charge >= 0.3 is 6.09 Å². The standard InChI is InChI=1S/C13H16N2O5/c1-2-20-13(19)14-10(16)7-15-11(17)8-5-3-4-6-9(8)12(15)18/h3-4,8-9H,2,5-7H2,1H3,(H,14,16,19)/t8-,9+. The number of nitrogens with one attached hydrogen (secondary N) is 1. The molecule has 7 heteroatoms. The molecule has 1 N–H and O–H groups in total. The quantitative estimate of drug-likeness (QED) is 0.589. The van der Waals surface area contributed by atoms with Gasteiger partial charge in [0.2, 0.25) is 17.7 Å². The van der Waals surface area contributed by atoms with Crippen LogP contribution in [0.1, 0.15) is 19.8 Å². The molecule has 20 heavy (non-hydrogen) atoms.